The highest BCUT2D eigenvalue weighted by atomic mass is 79.9. The zero-order valence-electron chi connectivity index (χ0n) is 8.27. The van der Waals surface area contributed by atoms with Crippen LogP contribution in [0.4, 0.5) is 0 Å². The molecule has 1 unspecified atom stereocenters. The minimum Gasteiger partial charge on any atom is -0.327 e. The summed E-state index contributed by atoms with van der Waals surface area (Å²) in [6.07, 6.45) is 0. The minimum atomic E-state index is -3.44. The Balaban J connectivity index is 2.87. The highest BCUT2D eigenvalue weighted by Crippen LogP contribution is 2.15. The van der Waals surface area contributed by atoms with E-state index in [9.17, 15) is 8.42 Å². The van der Waals surface area contributed by atoms with Crippen molar-refractivity contribution in [3.05, 3.63) is 28.7 Å². The lowest BCUT2D eigenvalue weighted by molar-refractivity contribution is 0.574. The van der Waals surface area contributed by atoms with Gasteiger partial charge in [0.25, 0.3) is 0 Å². The first-order valence-electron chi connectivity index (χ1n) is 4.42. The van der Waals surface area contributed by atoms with Gasteiger partial charge in [-0.05, 0) is 25.1 Å². The predicted molar refractivity (Wildman–Crippen MR) is 63.0 cm³/mol. The van der Waals surface area contributed by atoms with Gasteiger partial charge >= 0.3 is 0 Å². The van der Waals surface area contributed by atoms with Gasteiger partial charge in [-0.1, -0.05) is 22.0 Å². The van der Waals surface area contributed by atoms with E-state index in [2.05, 4.69) is 20.7 Å². The highest BCUT2D eigenvalue weighted by Gasteiger charge is 2.13. The normalized spacial score (nSPS) is 13.8. The van der Waals surface area contributed by atoms with Crippen LogP contribution in [-0.2, 0) is 10.0 Å². The molecule has 6 heteroatoms. The van der Waals surface area contributed by atoms with E-state index in [1.54, 1.807) is 25.1 Å². The van der Waals surface area contributed by atoms with E-state index in [0.29, 0.717) is 0 Å². The standard InChI is InChI=1S/C9H13BrN2O2S/c1-7(11)6-12-15(13,14)9-4-2-3-8(10)5-9/h2-5,7,12H,6,11H2,1H3. The van der Waals surface area contributed by atoms with Crippen LogP contribution in [0.5, 0.6) is 0 Å². The number of halogens is 1. The third-order valence-corrected chi connectivity index (χ3v) is 3.62. The predicted octanol–water partition coefficient (Wildman–Crippen LogP) is 1.07. The maximum atomic E-state index is 11.7. The fraction of sp³-hybridized carbons (Fsp3) is 0.333. The number of hydrogen-bond donors (Lipinski definition) is 2. The van der Waals surface area contributed by atoms with Gasteiger partial charge in [-0.15, -0.1) is 0 Å². The van der Waals surface area contributed by atoms with E-state index in [-0.39, 0.29) is 17.5 Å². The van der Waals surface area contributed by atoms with E-state index in [0.717, 1.165) is 4.47 Å². The van der Waals surface area contributed by atoms with Crippen LogP contribution < -0.4 is 10.5 Å². The van der Waals surface area contributed by atoms with Gasteiger partial charge < -0.3 is 5.73 Å². The van der Waals surface area contributed by atoms with E-state index in [1.807, 2.05) is 0 Å². The van der Waals surface area contributed by atoms with E-state index in [1.165, 1.54) is 6.07 Å². The Morgan fingerprint density at radius 1 is 1.53 bits per heavy atom. The molecule has 15 heavy (non-hydrogen) atoms. The summed E-state index contributed by atoms with van der Waals surface area (Å²) < 4.78 is 26.6. The van der Waals surface area contributed by atoms with Crippen LogP contribution in [0.2, 0.25) is 0 Å². The summed E-state index contributed by atoms with van der Waals surface area (Å²) in [4.78, 5) is 0.234. The van der Waals surface area contributed by atoms with Gasteiger partial charge in [-0.3, -0.25) is 0 Å². The molecule has 0 aliphatic heterocycles. The molecule has 4 nitrogen and oxygen atoms in total. The summed E-state index contributed by atoms with van der Waals surface area (Å²) in [5.41, 5.74) is 5.47. The van der Waals surface area contributed by atoms with Crippen LogP contribution in [0.25, 0.3) is 0 Å². The number of sulfonamides is 1. The van der Waals surface area contributed by atoms with Crippen molar-refractivity contribution in [3.8, 4) is 0 Å². The summed E-state index contributed by atoms with van der Waals surface area (Å²) in [7, 11) is -3.44. The molecule has 0 fully saturated rings. The third-order valence-electron chi connectivity index (χ3n) is 1.70. The van der Waals surface area contributed by atoms with Gasteiger partial charge in [0.2, 0.25) is 10.0 Å². The zero-order chi connectivity index (χ0) is 11.5. The van der Waals surface area contributed by atoms with Crippen molar-refractivity contribution in [2.24, 2.45) is 5.73 Å². The van der Waals surface area contributed by atoms with E-state index < -0.39 is 10.0 Å². The van der Waals surface area contributed by atoms with Crippen LogP contribution in [-0.4, -0.2) is 21.0 Å². The van der Waals surface area contributed by atoms with E-state index in [4.69, 9.17) is 5.73 Å². The van der Waals surface area contributed by atoms with Gasteiger partial charge in [-0.2, -0.15) is 0 Å². The molecule has 1 rings (SSSR count). The molecule has 0 heterocycles. The Hall–Kier alpha value is -0.430. The lowest BCUT2D eigenvalue weighted by Crippen LogP contribution is -2.35. The van der Waals surface area contributed by atoms with E-state index >= 15 is 0 Å². The molecule has 1 aromatic rings. The summed E-state index contributed by atoms with van der Waals surface area (Å²) in [6, 6.07) is 6.32. The number of nitrogens with two attached hydrogens (primary N) is 1. The molecule has 0 aromatic heterocycles. The fourth-order valence-electron chi connectivity index (χ4n) is 0.959. The quantitative estimate of drug-likeness (QED) is 0.872. The van der Waals surface area contributed by atoms with Crippen molar-refractivity contribution in [1.82, 2.24) is 4.72 Å². The van der Waals surface area contributed by atoms with Gasteiger partial charge in [0, 0.05) is 17.1 Å². The third kappa shape index (κ3) is 3.90. The molecule has 84 valence electrons. The van der Waals surface area contributed by atoms with Crippen molar-refractivity contribution in [2.45, 2.75) is 17.9 Å². The maximum absolute atomic E-state index is 11.7. The largest absolute Gasteiger partial charge is 0.327 e. The Morgan fingerprint density at radius 2 is 2.20 bits per heavy atom. The number of benzene rings is 1. The second-order valence-electron chi connectivity index (χ2n) is 3.29. The molecule has 0 radical (unpaired) electrons. The fourth-order valence-corrected chi connectivity index (χ4v) is 2.70. The number of rotatable bonds is 4. The maximum Gasteiger partial charge on any atom is 0.240 e. The Kier molecular flexibility index (Phi) is 4.27. The lowest BCUT2D eigenvalue weighted by atomic mass is 10.4. The van der Waals surface area contributed by atoms with Crippen LogP contribution in [0.3, 0.4) is 0 Å². The first-order valence-corrected chi connectivity index (χ1v) is 6.70. The van der Waals surface area contributed by atoms with Crippen molar-refractivity contribution >= 4 is 26.0 Å². The first kappa shape index (κ1) is 12.6. The Labute approximate surface area is 98.0 Å². The molecule has 1 aromatic carbocycles. The molecule has 0 amide bonds. The summed E-state index contributed by atoms with van der Waals surface area (Å²) in [6.45, 7) is 1.97. The van der Waals surface area contributed by atoms with Crippen molar-refractivity contribution in [3.63, 3.8) is 0 Å². The molecule has 0 saturated carbocycles. The minimum absolute atomic E-state index is 0.202. The molecular formula is C9H13BrN2O2S. The summed E-state index contributed by atoms with van der Waals surface area (Å²) >= 11 is 3.22. The molecule has 0 saturated heterocycles. The zero-order valence-corrected chi connectivity index (χ0v) is 10.7. The highest BCUT2D eigenvalue weighted by molar-refractivity contribution is 9.10. The second-order valence-corrected chi connectivity index (χ2v) is 5.97. The second kappa shape index (κ2) is 5.07. The summed E-state index contributed by atoms with van der Waals surface area (Å²) in [5, 5.41) is 0. The Morgan fingerprint density at radius 3 is 2.73 bits per heavy atom. The smallest absolute Gasteiger partial charge is 0.240 e. The molecule has 1 atom stereocenters. The number of hydrogen-bond acceptors (Lipinski definition) is 3. The SMILES string of the molecule is CC(N)CNS(=O)(=O)c1cccc(Br)c1. The molecule has 0 bridgehead atoms. The van der Waals surface area contributed by atoms with Gasteiger partial charge in [0.05, 0.1) is 4.90 Å². The number of nitrogens with one attached hydrogen (secondary N) is 1. The van der Waals surface area contributed by atoms with Crippen LogP contribution >= 0.6 is 15.9 Å². The van der Waals surface area contributed by atoms with Crippen LogP contribution in [0.15, 0.2) is 33.6 Å². The average Bonchev–Trinajstić information content (AvgIpc) is 2.15. The van der Waals surface area contributed by atoms with Crippen molar-refractivity contribution < 1.29 is 8.42 Å². The average molecular weight is 293 g/mol. The lowest BCUT2D eigenvalue weighted by Gasteiger charge is -2.08. The molecule has 3 N–H and O–H groups in total. The van der Waals surface area contributed by atoms with Crippen LogP contribution in [0.1, 0.15) is 6.92 Å². The summed E-state index contributed by atoms with van der Waals surface area (Å²) in [5.74, 6) is 0. The molecule has 0 aliphatic rings. The topological polar surface area (TPSA) is 72.2 Å². The van der Waals surface area contributed by atoms with Crippen LogP contribution in [0, 0.1) is 0 Å². The van der Waals surface area contributed by atoms with Gasteiger partial charge in [-0.25, -0.2) is 13.1 Å². The van der Waals surface area contributed by atoms with Crippen molar-refractivity contribution in [2.75, 3.05) is 6.54 Å². The molecular weight excluding hydrogens is 280 g/mol. The van der Waals surface area contributed by atoms with Crippen molar-refractivity contribution in [1.29, 1.82) is 0 Å². The Bertz CT molecular complexity index is 431. The molecule has 0 spiro atoms. The van der Waals surface area contributed by atoms with Gasteiger partial charge in [0.1, 0.15) is 0 Å². The van der Waals surface area contributed by atoms with Gasteiger partial charge in [0.15, 0.2) is 0 Å². The monoisotopic (exact) mass is 292 g/mol. The molecule has 0 aliphatic carbocycles. The first-order chi connectivity index (χ1) is 6.92.